The lowest BCUT2D eigenvalue weighted by atomic mass is 10.2. The average molecular weight is 459 g/mol. The van der Waals surface area contributed by atoms with Gasteiger partial charge < -0.3 is 9.15 Å². The maximum Gasteiger partial charge on any atom is 0.239 e. The quantitative estimate of drug-likeness (QED) is 0.309. The summed E-state index contributed by atoms with van der Waals surface area (Å²) in [5, 5.41) is 1.29. The van der Waals surface area contributed by atoms with Gasteiger partial charge in [0.05, 0.1) is 30.4 Å². The molecule has 4 rings (SSSR count). The number of amides is 1. The second kappa shape index (κ2) is 9.12. The van der Waals surface area contributed by atoms with E-state index >= 15 is 0 Å². The van der Waals surface area contributed by atoms with Crippen LogP contribution in [0.25, 0.3) is 10.2 Å². The smallest absolute Gasteiger partial charge is 0.239 e. The molecule has 0 saturated heterocycles. The molecule has 2 aromatic carbocycles. The van der Waals surface area contributed by atoms with Crippen LogP contribution in [0.3, 0.4) is 0 Å². The first kappa shape index (κ1) is 20.8. The zero-order chi connectivity index (χ0) is 21.1. The summed E-state index contributed by atoms with van der Waals surface area (Å²) in [5.41, 5.74) is 1.86. The molecule has 5 nitrogen and oxygen atoms in total. The normalized spacial score (nSPS) is 11.0. The van der Waals surface area contributed by atoms with Crippen LogP contribution in [-0.2, 0) is 11.3 Å². The number of benzene rings is 2. The van der Waals surface area contributed by atoms with Crippen LogP contribution in [0.4, 0.5) is 5.13 Å². The van der Waals surface area contributed by atoms with Crippen LogP contribution in [-0.4, -0.2) is 23.8 Å². The fourth-order valence-corrected chi connectivity index (χ4v) is 4.92. The monoisotopic (exact) mass is 458 g/mol. The first-order chi connectivity index (χ1) is 14.5. The van der Waals surface area contributed by atoms with E-state index in [4.69, 9.17) is 25.7 Å². The number of furan rings is 1. The van der Waals surface area contributed by atoms with Crippen LogP contribution >= 0.6 is 34.7 Å². The molecule has 0 aliphatic heterocycles. The zero-order valence-corrected chi connectivity index (χ0v) is 18.8. The molecule has 30 heavy (non-hydrogen) atoms. The van der Waals surface area contributed by atoms with E-state index in [1.165, 1.54) is 23.1 Å². The van der Waals surface area contributed by atoms with Crippen molar-refractivity contribution < 1.29 is 13.9 Å². The van der Waals surface area contributed by atoms with Crippen molar-refractivity contribution in [2.24, 2.45) is 0 Å². The van der Waals surface area contributed by atoms with Gasteiger partial charge in [-0.25, -0.2) is 4.98 Å². The average Bonchev–Trinajstić information content (AvgIpc) is 3.42. The Balaban J connectivity index is 1.64. The number of aryl methyl sites for hydroxylation is 1. The van der Waals surface area contributed by atoms with Crippen molar-refractivity contribution >= 4 is 56.0 Å². The van der Waals surface area contributed by atoms with E-state index in [1.807, 2.05) is 55.5 Å². The van der Waals surface area contributed by atoms with Gasteiger partial charge in [-0.15, -0.1) is 11.8 Å². The predicted octanol–water partition coefficient (Wildman–Crippen LogP) is 6.19. The van der Waals surface area contributed by atoms with E-state index < -0.39 is 0 Å². The fourth-order valence-electron chi connectivity index (χ4n) is 2.95. The lowest BCUT2D eigenvalue weighted by Gasteiger charge is -2.18. The minimum Gasteiger partial charge on any atom is -0.494 e. The number of ether oxygens (including phenoxy) is 1. The van der Waals surface area contributed by atoms with Gasteiger partial charge in [0.2, 0.25) is 5.91 Å². The Morgan fingerprint density at radius 3 is 2.73 bits per heavy atom. The standard InChI is InChI=1S/C22H19ClN2O3S2/c1-14-5-10-18(27-2)20-21(14)30-22(24-20)25(12-16-4-3-11-28-16)19(26)13-29-17-8-6-15(23)7-9-17/h3-11H,12-13H2,1-2H3. The van der Waals surface area contributed by atoms with Gasteiger partial charge in [0.1, 0.15) is 17.0 Å². The van der Waals surface area contributed by atoms with Crippen molar-refractivity contribution in [2.45, 2.75) is 18.4 Å². The van der Waals surface area contributed by atoms with Gasteiger partial charge >= 0.3 is 0 Å². The minimum atomic E-state index is -0.0537. The number of anilines is 1. The van der Waals surface area contributed by atoms with E-state index in [-0.39, 0.29) is 11.7 Å². The second-order valence-corrected chi connectivity index (χ2v) is 9.02. The van der Waals surface area contributed by atoms with Crippen LogP contribution < -0.4 is 9.64 Å². The number of aromatic nitrogens is 1. The van der Waals surface area contributed by atoms with Crippen molar-refractivity contribution in [1.82, 2.24) is 4.98 Å². The van der Waals surface area contributed by atoms with Crippen molar-refractivity contribution in [3.05, 3.63) is 71.1 Å². The number of rotatable bonds is 7. The number of thiazole rings is 1. The Morgan fingerprint density at radius 2 is 2.03 bits per heavy atom. The summed E-state index contributed by atoms with van der Waals surface area (Å²) in [6.07, 6.45) is 1.60. The number of halogens is 1. The van der Waals surface area contributed by atoms with E-state index in [0.717, 1.165) is 20.7 Å². The molecular formula is C22H19ClN2O3S2. The second-order valence-electron chi connectivity index (χ2n) is 6.56. The van der Waals surface area contributed by atoms with E-state index in [1.54, 1.807) is 18.3 Å². The van der Waals surface area contributed by atoms with E-state index in [2.05, 4.69) is 0 Å². The number of carbonyl (C=O) groups is 1. The van der Waals surface area contributed by atoms with E-state index in [9.17, 15) is 4.79 Å². The van der Waals surface area contributed by atoms with Gasteiger partial charge in [-0.1, -0.05) is 29.0 Å². The largest absolute Gasteiger partial charge is 0.494 e. The highest BCUT2D eigenvalue weighted by molar-refractivity contribution is 8.00. The molecule has 8 heteroatoms. The molecule has 2 heterocycles. The Bertz CT molecular complexity index is 1160. The topological polar surface area (TPSA) is 55.6 Å². The number of hydrogen-bond acceptors (Lipinski definition) is 6. The lowest BCUT2D eigenvalue weighted by Crippen LogP contribution is -2.31. The maximum absolute atomic E-state index is 13.2. The van der Waals surface area contributed by atoms with Crippen LogP contribution in [0.1, 0.15) is 11.3 Å². The molecular weight excluding hydrogens is 440 g/mol. The van der Waals surface area contributed by atoms with Crippen molar-refractivity contribution in [1.29, 1.82) is 0 Å². The highest BCUT2D eigenvalue weighted by Gasteiger charge is 2.23. The molecule has 0 spiro atoms. The summed E-state index contributed by atoms with van der Waals surface area (Å²) in [6.45, 7) is 2.34. The maximum atomic E-state index is 13.2. The minimum absolute atomic E-state index is 0.0537. The third-order valence-corrected chi connectivity index (χ3v) is 6.98. The molecule has 1 amide bonds. The third-order valence-electron chi connectivity index (χ3n) is 4.51. The van der Waals surface area contributed by atoms with Gasteiger partial charge in [-0.2, -0.15) is 0 Å². The van der Waals surface area contributed by atoms with Crippen LogP contribution in [0.5, 0.6) is 5.75 Å². The molecule has 0 aliphatic carbocycles. The summed E-state index contributed by atoms with van der Waals surface area (Å²) in [4.78, 5) is 20.6. The summed E-state index contributed by atoms with van der Waals surface area (Å²) in [5.74, 6) is 1.61. The van der Waals surface area contributed by atoms with Gasteiger partial charge in [-0.05, 0) is 55.0 Å². The highest BCUT2D eigenvalue weighted by Crippen LogP contribution is 2.37. The number of methoxy groups -OCH3 is 1. The van der Waals surface area contributed by atoms with Gasteiger partial charge in [0.15, 0.2) is 5.13 Å². The SMILES string of the molecule is COc1ccc(C)c2sc(N(Cc3ccco3)C(=O)CSc3ccc(Cl)cc3)nc12. The highest BCUT2D eigenvalue weighted by atomic mass is 35.5. The molecule has 0 bridgehead atoms. The Hall–Kier alpha value is -2.48. The van der Waals surface area contributed by atoms with Crippen molar-refractivity contribution in [3.8, 4) is 5.75 Å². The summed E-state index contributed by atoms with van der Waals surface area (Å²) in [6, 6.07) is 15.0. The Morgan fingerprint density at radius 1 is 1.23 bits per heavy atom. The molecule has 4 aromatic rings. The summed E-state index contributed by atoms with van der Waals surface area (Å²) in [7, 11) is 1.62. The third kappa shape index (κ3) is 4.48. The number of fused-ring (bicyclic) bond motifs is 1. The molecule has 0 radical (unpaired) electrons. The molecule has 0 N–H and O–H groups in total. The molecule has 0 unspecified atom stereocenters. The zero-order valence-electron chi connectivity index (χ0n) is 16.4. The number of thioether (sulfide) groups is 1. The van der Waals surface area contributed by atoms with E-state index in [0.29, 0.717) is 28.2 Å². The van der Waals surface area contributed by atoms with Gasteiger partial charge in [0, 0.05) is 9.92 Å². The molecule has 0 aliphatic rings. The Kier molecular flexibility index (Phi) is 6.32. The number of carbonyl (C=O) groups excluding carboxylic acids is 1. The van der Waals surface area contributed by atoms with Crippen LogP contribution in [0.15, 0.2) is 64.1 Å². The fraction of sp³-hybridized carbons (Fsp3) is 0.182. The first-order valence-corrected chi connectivity index (χ1v) is 11.4. The van der Waals surface area contributed by atoms with Crippen LogP contribution in [0, 0.1) is 6.92 Å². The molecule has 0 atom stereocenters. The molecule has 154 valence electrons. The van der Waals surface area contributed by atoms with Gasteiger partial charge in [0.25, 0.3) is 0 Å². The first-order valence-electron chi connectivity index (χ1n) is 9.20. The molecule has 0 fully saturated rings. The molecule has 0 saturated carbocycles. The summed E-state index contributed by atoms with van der Waals surface area (Å²) < 4.78 is 12.0. The van der Waals surface area contributed by atoms with Crippen molar-refractivity contribution in [2.75, 3.05) is 17.8 Å². The lowest BCUT2D eigenvalue weighted by molar-refractivity contribution is -0.116. The number of nitrogens with zero attached hydrogens (tertiary/aromatic N) is 2. The number of hydrogen-bond donors (Lipinski definition) is 0. The Labute approximate surface area is 187 Å². The predicted molar refractivity (Wildman–Crippen MR) is 123 cm³/mol. The van der Waals surface area contributed by atoms with Crippen molar-refractivity contribution in [3.63, 3.8) is 0 Å². The van der Waals surface area contributed by atoms with Gasteiger partial charge in [-0.3, -0.25) is 9.69 Å². The molecule has 2 aromatic heterocycles. The van der Waals surface area contributed by atoms with Crippen LogP contribution in [0.2, 0.25) is 5.02 Å². The summed E-state index contributed by atoms with van der Waals surface area (Å²) >= 11 is 8.89.